The standard InChI is InChI=1S/C22H24Cl2N2O3/c1-21(2,3)25-19(27)13-9-10-18-17(11-13)26(20(28)22(4,5)29-18)12-14-15(23)7-6-8-16(14)24/h6-11H,12H2,1-5H3,(H,25,27). The Morgan fingerprint density at radius 3 is 2.34 bits per heavy atom. The van der Waals surface area contributed by atoms with E-state index in [-0.39, 0.29) is 23.9 Å². The lowest BCUT2D eigenvalue weighted by Crippen LogP contribution is -2.52. The minimum atomic E-state index is -1.06. The molecule has 3 rings (SSSR count). The second kappa shape index (κ2) is 7.54. The topological polar surface area (TPSA) is 58.6 Å². The zero-order chi connectivity index (χ0) is 21.6. The lowest BCUT2D eigenvalue weighted by Gasteiger charge is -2.39. The van der Waals surface area contributed by atoms with E-state index in [0.29, 0.717) is 32.6 Å². The van der Waals surface area contributed by atoms with E-state index in [0.717, 1.165) is 0 Å². The van der Waals surface area contributed by atoms with Crippen molar-refractivity contribution in [2.45, 2.75) is 52.3 Å². The summed E-state index contributed by atoms with van der Waals surface area (Å²) in [6.07, 6.45) is 0. The predicted molar refractivity (Wildman–Crippen MR) is 116 cm³/mol. The summed E-state index contributed by atoms with van der Waals surface area (Å²) in [4.78, 5) is 27.4. The molecule has 1 aliphatic heterocycles. The molecule has 5 nitrogen and oxygen atoms in total. The predicted octanol–water partition coefficient (Wildman–Crippen LogP) is 5.23. The fourth-order valence-corrected chi connectivity index (χ4v) is 3.64. The largest absolute Gasteiger partial charge is 0.476 e. The van der Waals surface area contributed by atoms with Crippen molar-refractivity contribution in [2.24, 2.45) is 0 Å². The molecular weight excluding hydrogens is 411 g/mol. The van der Waals surface area contributed by atoms with Gasteiger partial charge in [0.25, 0.3) is 11.8 Å². The smallest absolute Gasteiger partial charge is 0.271 e. The second-order valence-electron chi connectivity index (χ2n) is 8.59. The molecule has 0 radical (unpaired) electrons. The van der Waals surface area contributed by atoms with Crippen LogP contribution in [0.25, 0.3) is 0 Å². The van der Waals surface area contributed by atoms with Gasteiger partial charge in [-0.2, -0.15) is 0 Å². The molecule has 0 atom stereocenters. The SMILES string of the molecule is CC(C)(C)NC(=O)c1ccc2c(c1)N(Cc1c(Cl)cccc1Cl)C(=O)C(C)(C)O2. The monoisotopic (exact) mass is 434 g/mol. The van der Waals surface area contributed by atoms with Crippen molar-refractivity contribution < 1.29 is 14.3 Å². The first-order chi connectivity index (χ1) is 13.4. The number of ether oxygens (including phenoxy) is 1. The van der Waals surface area contributed by atoms with Gasteiger partial charge in [-0.15, -0.1) is 0 Å². The highest BCUT2D eigenvalue weighted by atomic mass is 35.5. The van der Waals surface area contributed by atoms with Crippen molar-refractivity contribution in [2.75, 3.05) is 4.90 Å². The lowest BCUT2D eigenvalue weighted by atomic mass is 10.0. The van der Waals surface area contributed by atoms with Crippen LogP contribution < -0.4 is 15.0 Å². The Morgan fingerprint density at radius 1 is 1.14 bits per heavy atom. The summed E-state index contributed by atoms with van der Waals surface area (Å²) in [7, 11) is 0. The Labute approximate surface area is 180 Å². The van der Waals surface area contributed by atoms with Gasteiger partial charge >= 0.3 is 0 Å². The van der Waals surface area contributed by atoms with E-state index in [1.54, 1.807) is 55.1 Å². The van der Waals surface area contributed by atoms with Crippen molar-refractivity contribution >= 4 is 40.7 Å². The van der Waals surface area contributed by atoms with E-state index >= 15 is 0 Å². The molecule has 7 heteroatoms. The Kier molecular flexibility index (Phi) is 5.58. The van der Waals surface area contributed by atoms with E-state index in [9.17, 15) is 9.59 Å². The maximum absolute atomic E-state index is 13.2. The molecule has 0 aliphatic carbocycles. The zero-order valence-corrected chi connectivity index (χ0v) is 18.6. The van der Waals surface area contributed by atoms with Crippen LogP contribution in [0.2, 0.25) is 10.0 Å². The summed E-state index contributed by atoms with van der Waals surface area (Å²) in [6.45, 7) is 9.30. The van der Waals surface area contributed by atoms with E-state index in [4.69, 9.17) is 27.9 Å². The van der Waals surface area contributed by atoms with Crippen LogP contribution in [0.3, 0.4) is 0 Å². The molecule has 154 valence electrons. The highest BCUT2D eigenvalue weighted by molar-refractivity contribution is 6.36. The molecule has 1 N–H and O–H groups in total. The lowest BCUT2D eigenvalue weighted by molar-refractivity contribution is -0.132. The van der Waals surface area contributed by atoms with Gasteiger partial charge in [0.05, 0.1) is 12.2 Å². The Balaban J connectivity index is 2.06. The average Bonchev–Trinajstić information content (AvgIpc) is 2.59. The summed E-state index contributed by atoms with van der Waals surface area (Å²) in [5.41, 5.74) is 0.136. The number of benzene rings is 2. The van der Waals surface area contributed by atoms with Crippen molar-refractivity contribution in [3.8, 4) is 5.75 Å². The summed E-state index contributed by atoms with van der Waals surface area (Å²) in [5.74, 6) is 0.0489. The fourth-order valence-electron chi connectivity index (χ4n) is 3.12. The van der Waals surface area contributed by atoms with E-state index in [1.807, 2.05) is 20.8 Å². The molecule has 2 amide bonds. The first-order valence-corrected chi connectivity index (χ1v) is 10.0. The Morgan fingerprint density at radius 2 is 1.76 bits per heavy atom. The molecular formula is C22H24Cl2N2O3. The number of hydrogen-bond acceptors (Lipinski definition) is 3. The highest BCUT2D eigenvalue weighted by Gasteiger charge is 2.41. The van der Waals surface area contributed by atoms with Crippen molar-refractivity contribution in [3.05, 3.63) is 57.6 Å². The number of carbonyl (C=O) groups is 2. The van der Waals surface area contributed by atoms with Crippen LogP contribution in [0.4, 0.5) is 5.69 Å². The molecule has 2 aromatic carbocycles. The van der Waals surface area contributed by atoms with Gasteiger partial charge in [-0.05, 0) is 65.0 Å². The number of anilines is 1. The number of amides is 2. The number of nitrogens with one attached hydrogen (secondary N) is 1. The molecule has 1 aliphatic rings. The first-order valence-electron chi connectivity index (χ1n) is 9.29. The quantitative estimate of drug-likeness (QED) is 0.719. The molecule has 0 bridgehead atoms. The number of halogens is 2. The van der Waals surface area contributed by atoms with Crippen LogP contribution in [0.15, 0.2) is 36.4 Å². The number of nitrogens with zero attached hydrogens (tertiary/aromatic N) is 1. The number of rotatable bonds is 3. The van der Waals surface area contributed by atoms with Gasteiger partial charge < -0.3 is 15.0 Å². The van der Waals surface area contributed by atoms with Crippen LogP contribution >= 0.6 is 23.2 Å². The van der Waals surface area contributed by atoms with Crippen molar-refractivity contribution in [1.82, 2.24) is 5.32 Å². The Hall–Kier alpha value is -2.24. The van der Waals surface area contributed by atoms with Crippen LogP contribution in [0.1, 0.15) is 50.5 Å². The molecule has 2 aromatic rings. The van der Waals surface area contributed by atoms with Crippen molar-refractivity contribution in [1.29, 1.82) is 0 Å². The second-order valence-corrected chi connectivity index (χ2v) is 9.40. The molecule has 29 heavy (non-hydrogen) atoms. The molecule has 0 aromatic heterocycles. The fraction of sp³-hybridized carbons (Fsp3) is 0.364. The van der Waals surface area contributed by atoms with Gasteiger partial charge in [0, 0.05) is 26.7 Å². The third-order valence-corrected chi connectivity index (χ3v) is 5.21. The molecule has 0 saturated heterocycles. The minimum Gasteiger partial charge on any atom is -0.476 e. The average molecular weight is 435 g/mol. The first kappa shape index (κ1) is 21.5. The van der Waals surface area contributed by atoms with Crippen LogP contribution in [0.5, 0.6) is 5.75 Å². The summed E-state index contributed by atoms with van der Waals surface area (Å²) in [6, 6.07) is 10.3. The van der Waals surface area contributed by atoms with Gasteiger partial charge in [0.15, 0.2) is 5.60 Å². The number of carbonyl (C=O) groups excluding carboxylic acids is 2. The third kappa shape index (κ3) is 4.51. The minimum absolute atomic E-state index is 0.168. The van der Waals surface area contributed by atoms with Gasteiger partial charge in [0.1, 0.15) is 5.75 Å². The van der Waals surface area contributed by atoms with Gasteiger partial charge in [-0.3, -0.25) is 9.59 Å². The maximum atomic E-state index is 13.2. The Bertz CT molecular complexity index is 960. The maximum Gasteiger partial charge on any atom is 0.271 e. The van der Waals surface area contributed by atoms with E-state index in [2.05, 4.69) is 5.32 Å². The van der Waals surface area contributed by atoms with Gasteiger partial charge in [-0.25, -0.2) is 0 Å². The molecule has 0 unspecified atom stereocenters. The number of fused-ring (bicyclic) bond motifs is 1. The molecule has 1 heterocycles. The van der Waals surface area contributed by atoms with Crippen LogP contribution in [-0.4, -0.2) is 23.0 Å². The summed E-state index contributed by atoms with van der Waals surface area (Å²) in [5, 5.41) is 3.87. The van der Waals surface area contributed by atoms with Crippen molar-refractivity contribution in [3.63, 3.8) is 0 Å². The van der Waals surface area contributed by atoms with E-state index < -0.39 is 5.60 Å². The normalized spacial score (nSPS) is 15.6. The third-order valence-electron chi connectivity index (χ3n) is 4.50. The number of hydrogen-bond donors (Lipinski definition) is 1. The van der Waals surface area contributed by atoms with Gasteiger partial charge in [0.2, 0.25) is 0 Å². The summed E-state index contributed by atoms with van der Waals surface area (Å²) < 4.78 is 5.91. The highest BCUT2D eigenvalue weighted by Crippen LogP contribution is 2.40. The molecule has 0 fully saturated rings. The molecule has 0 spiro atoms. The van der Waals surface area contributed by atoms with E-state index in [1.165, 1.54) is 0 Å². The summed E-state index contributed by atoms with van der Waals surface area (Å²) >= 11 is 12.7. The van der Waals surface area contributed by atoms with Crippen LogP contribution in [0, 0.1) is 0 Å². The zero-order valence-electron chi connectivity index (χ0n) is 17.1. The van der Waals surface area contributed by atoms with Crippen LogP contribution in [-0.2, 0) is 11.3 Å². The molecule has 0 saturated carbocycles. The van der Waals surface area contributed by atoms with Gasteiger partial charge in [-0.1, -0.05) is 29.3 Å².